The fourth-order valence-corrected chi connectivity index (χ4v) is 5.83. The number of methoxy groups -OCH3 is 2. The Morgan fingerprint density at radius 3 is 2.10 bits per heavy atom. The van der Waals surface area contributed by atoms with E-state index < -0.39 is 28.5 Å². The zero-order valence-corrected chi connectivity index (χ0v) is 24.6. The molecule has 10 heteroatoms. The number of sulfonamides is 1. The van der Waals surface area contributed by atoms with E-state index >= 15 is 0 Å². The molecule has 40 heavy (non-hydrogen) atoms. The second kappa shape index (κ2) is 13.3. The Morgan fingerprint density at radius 2 is 1.52 bits per heavy atom. The van der Waals surface area contributed by atoms with Crippen molar-refractivity contribution in [3.8, 4) is 11.5 Å². The van der Waals surface area contributed by atoms with Gasteiger partial charge in [0.05, 0.1) is 24.8 Å². The summed E-state index contributed by atoms with van der Waals surface area (Å²) in [6.07, 6.45) is 0. The first-order chi connectivity index (χ1) is 19.0. The van der Waals surface area contributed by atoms with Gasteiger partial charge >= 0.3 is 0 Å². The third-order valence-electron chi connectivity index (χ3n) is 6.43. The molecule has 0 unspecified atom stereocenters. The molecular formula is C30H37N3O6S. The topological polar surface area (TPSA) is 105 Å². The highest BCUT2D eigenvalue weighted by Crippen LogP contribution is 2.33. The Bertz CT molecular complexity index is 1420. The first-order valence-electron chi connectivity index (χ1n) is 13.0. The summed E-state index contributed by atoms with van der Waals surface area (Å²) >= 11 is 0. The van der Waals surface area contributed by atoms with Crippen LogP contribution >= 0.6 is 0 Å². The molecule has 0 saturated carbocycles. The summed E-state index contributed by atoms with van der Waals surface area (Å²) in [5.41, 5.74) is 2.83. The molecule has 1 atom stereocenters. The first-order valence-corrected chi connectivity index (χ1v) is 14.4. The minimum Gasteiger partial charge on any atom is -0.493 e. The van der Waals surface area contributed by atoms with Gasteiger partial charge in [0.1, 0.15) is 12.6 Å². The number of nitrogens with zero attached hydrogens (tertiary/aromatic N) is 2. The van der Waals surface area contributed by atoms with Crippen LogP contribution in [0.1, 0.15) is 30.5 Å². The van der Waals surface area contributed by atoms with E-state index in [9.17, 15) is 18.0 Å². The summed E-state index contributed by atoms with van der Waals surface area (Å²) in [6.45, 7) is 7.17. The molecule has 0 radical (unpaired) electrons. The van der Waals surface area contributed by atoms with Crippen LogP contribution in [0.3, 0.4) is 0 Å². The van der Waals surface area contributed by atoms with Gasteiger partial charge in [-0.05, 0) is 68.7 Å². The molecule has 0 aliphatic heterocycles. The largest absolute Gasteiger partial charge is 0.493 e. The smallest absolute Gasteiger partial charge is 0.264 e. The first kappa shape index (κ1) is 30.5. The van der Waals surface area contributed by atoms with Gasteiger partial charge in [0.25, 0.3) is 10.0 Å². The Kier molecular flexibility index (Phi) is 10.2. The number of hydrogen-bond acceptors (Lipinski definition) is 6. The van der Waals surface area contributed by atoms with Crippen molar-refractivity contribution in [1.82, 2.24) is 10.2 Å². The van der Waals surface area contributed by atoms with Crippen LogP contribution in [0.25, 0.3) is 0 Å². The maximum atomic E-state index is 14.1. The average molecular weight is 568 g/mol. The summed E-state index contributed by atoms with van der Waals surface area (Å²) in [5.74, 6) is -0.232. The van der Waals surface area contributed by atoms with Gasteiger partial charge in [-0.3, -0.25) is 13.9 Å². The van der Waals surface area contributed by atoms with Gasteiger partial charge < -0.3 is 19.7 Å². The van der Waals surface area contributed by atoms with Gasteiger partial charge in [-0.1, -0.05) is 36.4 Å². The fraction of sp³-hybridized carbons (Fsp3) is 0.333. The van der Waals surface area contributed by atoms with Gasteiger partial charge in [-0.25, -0.2) is 8.42 Å². The van der Waals surface area contributed by atoms with E-state index in [2.05, 4.69) is 5.32 Å². The van der Waals surface area contributed by atoms with Crippen LogP contribution in [-0.2, 0) is 26.2 Å². The predicted molar refractivity (Wildman–Crippen MR) is 155 cm³/mol. The molecule has 3 aromatic carbocycles. The molecular weight excluding hydrogens is 530 g/mol. The maximum Gasteiger partial charge on any atom is 0.264 e. The standard InChI is InChI=1S/C30H37N3O6S/c1-7-31-30(35)23(4)32(19-24-11-9-8-10-12-24)29(34)20-33(25-16-21(2)15-22(3)17-25)40(36,37)26-13-14-27(38-5)28(18-26)39-6/h8-18,23H,7,19-20H2,1-6H3,(H,31,35)/t23-/m1/s1. The van der Waals surface area contributed by atoms with E-state index in [1.807, 2.05) is 50.2 Å². The normalized spacial score (nSPS) is 11.8. The molecule has 9 nitrogen and oxygen atoms in total. The van der Waals surface area contributed by atoms with Crippen molar-refractivity contribution in [1.29, 1.82) is 0 Å². The molecule has 3 rings (SSSR count). The lowest BCUT2D eigenvalue weighted by Crippen LogP contribution is -2.51. The summed E-state index contributed by atoms with van der Waals surface area (Å²) in [7, 11) is -1.37. The van der Waals surface area contributed by atoms with Crippen LogP contribution in [0.5, 0.6) is 11.5 Å². The molecule has 2 amide bonds. The summed E-state index contributed by atoms with van der Waals surface area (Å²) in [5, 5.41) is 2.76. The lowest BCUT2D eigenvalue weighted by Gasteiger charge is -2.32. The molecule has 0 aliphatic rings. The molecule has 0 saturated heterocycles. The van der Waals surface area contributed by atoms with E-state index in [0.29, 0.717) is 18.0 Å². The second-order valence-corrected chi connectivity index (χ2v) is 11.3. The van der Waals surface area contributed by atoms with Crippen molar-refractivity contribution >= 4 is 27.5 Å². The molecule has 1 N–H and O–H groups in total. The lowest BCUT2D eigenvalue weighted by molar-refractivity contribution is -0.139. The number of benzene rings is 3. The number of hydrogen-bond donors (Lipinski definition) is 1. The summed E-state index contributed by atoms with van der Waals surface area (Å²) in [6, 6.07) is 18.1. The zero-order valence-electron chi connectivity index (χ0n) is 23.8. The Morgan fingerprint density at radius 1 is 0.900 bits per heavy atom. The van der Waals surface area contributed by atoms with Crippen molar-refractivity contribution in [2.45, 2.75) is 45.2 Å². The molecule has 0 fully saturated rings. The van der Waals surface area contributed by atoms with Crippen molar-refractivity contribution < 1.29 is 27.5 Å². The molecule has 3 aromatic rings. The number of anilines is 1. The predicted octanol–water partition coefficient (Wildman–Crippen LogP) is 4.07. The second-order valence-electron chi connectivity index (χ2n) is 9.45. The van der Waals surface area contributed by atoms with Gasteiger partial charge in [-0.15, -0.1) is 0 Å². The van der Waals surface area contributed by atoms with Gasteiger partial charge in [0.15, 0.2) is 11.5 Å². The van der Waals surface area contributed by atoms with Crippen molar-refractivity contribution in [2.75, 3.05) is 31.6 Å². The van der Waals surface area contributed by atoms with E-state index in [-0.39, 0.29) is 23.1 Å². The minimum absolute atomic E-state index is 0.0662. The molecule has 0 heterocycles. The Balaban J connectivity index is 2.10. The molecule has 0 spiro atoms. The number of carbonyl (C=O) groups excluding carboxylic acids is 2. The van der Waals surface area contributed by atoms with Crippen molar-refractivity contribution in [2.24, 2.45) is 0 Å². The van der Waals surface area contributed by atoms with Crippen molar-refractivity contribution in [3.63, 3.8) is 0 Å². The van der Waals surface area contributed by atoms with Gasteiger partial charge in [-0.2, -0.15) is 0 Å². The van der Waals surface area contributed by atoms with Crippen LogP contribution in [0.4, 0.5) is 5.69 Å². The van der Waals surface area contributed by atoms with Crippen LogP contribution in [0.15, 0.2) is 71.6 Å². The van der Waals surface area contributed by atoms with E-state index in [0.717, 1.165) is 21.0 Å². The summed E-state index contributed by atoms with van der Waals surface area (Å²) < 4.78 is 39.9. The van der Waals surface area contributed by atoms with Crippen LogP contribution < -0.4 is 19.1 Å². The highest BCUT2D eigenvalue weighted by atomic mass is 32.2. The highest BCUT2D eigenvalue weighted by molar-refractivity contribution is 7.92. The van der Waals surface area contributed by atoms with Gasteiger partial charge in [0.2, 0.25) is 11.8 Å². The number of aryl methyl sites for hydroxylation is 2. The third-order valence-corrected chi connectivity index (χ3v) is 8.20. The highest BCUT2D eigenvalue weighted by Gasteiger charge is 2.33. The van der Waals surface area contributed by atoms with Crippen LogP contribution in [0.2, 0.25) is 0 Å². The monoisotopic (exact) mass is 567 g/mol. The average Bonchev–Trinajstić information content (AvgIpc) is 2.93. The molecule has 0 bridgehead atoms. The molecule has 0 aliphatic carbocycles. The fourth-order valence-electron chi connectivity index (χ4n) is 4.41. The third kappa shape index (κ3) is 7.12. The van der Waals surface area contributed by atoms with Crippen molar-refractivity contribution in [3.05, 3.63) is 83.4 Å². The Labute approximate surface area is 236 Å². The Hall–Kier alpha value is -4.05. The number of carbonyl (C=O) groups is 2. The number of likely N-dealkylation sites (N-methyl/N-ethyl adjacent to an activating group) is 1. The quantitative estimate of drug-likeness (QED) is 0.354. The molecule has 0 aromatic heterocycles. The van der Waals surface area contributed by atoms with Crippen LogP contribution in [-0.4, -0.2) is 58.5 Å². The van der Waals surface area contributed by atoms with E-state index in [4.69, 9.17) is 9.47 Å². The zero-order chi connectivity index (χ0) is 29.4. The maximum absolute atomic E-state index is 14.1. The number of rotatable bonds is 12. The summed E-state index contributed by atoms with van der Waals surface area (Å²) in [4.78, 5) is 28.1. The molecule has 214 valence electrons. The number of ether oxygens (including phenoxy) is 2. The van der Waals surface area contributed by atoms with E-state index in [1.54, 1.807) is 26.0 Å². The number of amides is 2. The SMILES string of the molecule is CCNC(=O)[C@@H](C)N(Cc1ccccc1)C(=O)CN(c1cc(C)cc(C)c1)S(=O)(=O)c1ccc(OC)c(OC)c1. The number of nitrogens with one attached hydrogen (secondary N) is 1. The van der Waals surface area contributed by atoms with Gasteiger partial charge in [0, 0.05) is 19.2 Å². The van der Waals surface area contributed by atoms with E-state index in [1.165, 1.54) is 37.3 Å². The lowest BCUT2D eigenvalue weighted by atomic mass is 10.1. The van der Waals surface area contributed by atoms with Crippen LogP contribution in [0, 0.1) is 13.8 Å². The minimum atomic E-state index is -4.25.